The van der Waals surface area contributed by atoms with Crippen LogP contribution in [0.2, 0.25) is 0 Å². The maximum Gasteiger partial charge on any atom is 0.136 e. The van der Waals surface area contributed by atoms with Gasteiger partial charge in [-0.05, 0) is 30.4 Å². The van der Waals surface area contributed by atoms with E-state index < -0.39 is 0 Å². The molecule has 0 radical (unpaired) electrons. The van der Waals surface area contributed by atoms with Gasteiger partial charge in [-0.1, -0.05) is 6.07 Å². The summed E-state index contributed by atoms with van der Waals surface area (Å²) >= 11 is 0. The highest BCUT2D eigenvalue weighted by molar-refractivity contribution is 5.79. The lowest BCUT2D eigenvalue weighted by molar-refractivity contribution is -0.120. The Morgan fingerprint density at radius 2 is 2.06 bits per heavy atom. The summed E-state index contributed by atoms with van der Waals surface area (Å²) in [6, 6.07) is 4.19. The number of aromatic nitrogens is 2. The molecular formula is C13H14N2O. The molecule has 0 saturated heterocycles. The Hall–Kier alpha value is -1.64. The molecule has 1 saturated carbocycles. The summed E-state index contributed by atoms with van der Waals surface area (Å²) in [5.74, 6) is 0.962. The largest absolute Gasteiger partial charge is 0.307 e. The van der Waals surface area contributed by atoms with Crippen LogP contribution in [0.5, 0.6) is 0 Å². The molecule has 0 bridgehead atoms. The Bertz CT molecular complexity index is 519. The van der Waals surface area contributed by atoms with Crippen LogP contribution in [0.1, 0.15) is 37.2 Å². The maximum absolute atomic E-state index is 11.2. The molecule has 3 heteroatoms. The maximum atomic E-state index is 11.2. The molecular weight excluding hydrogens is 200 g/mol. The van der Waals surface area contributed by atoms with Gasteiger partial charge in [-0.2, -0.15) is 0 Å². The number of carbonyl (C=O) groups is 1. The first kappa shape index (κ1) is 9.58. The van der Waals surface area contributed by atoms with Gasteiger partial charge in [0.2, 0.25) is 0 Å². The highest BCUT2D eigenvalue weighted by atomic mass is 16.1. The van der Waals surface area contributed by atoms with Crippen LogP contribution in [0.4, 0.5) is 0 Å². The number of imidazole rings is 1. The predicted octanol–water partition coefficient (Wildman–Crippen LogP) is 2.56. The first-order chi connectivity index (χ1) is 7.83. The summed E-state index contributed by atoms with van der Waals surface area (Å²) in [6.07, 6.45) is 9.40. The zero-order valence-electron chi connectivity index (χ0n) is 9.10. The number of fused-ring (bicyclic) bond motifs is 1. The van der Waals surface area contributed by atoms with E-state index in [4.69, 9.17) is 0 Å². The first-order valence-corrected chi connectivity index (χ1v) is 5.77. The van der Waals surface area contributed by atoms with Gasteiger partial charge in [-0.15, -0.1) is 0 Å². The molecule has 0 N–H and O–H groups in total. The normalized spacial score (nSPS) is 18.1. The van der Waals surface area contributed by atoms with Gasteiger partial charge >= 0.3 is 0 Å². The van der Waals surface area contributed by atoms with Crippen LogP contribution < -0.4 is 0 Å². The van der Waals surface area contributed by atoms with Gasteiger partial charge in [0.05, 0.1) is 0 Å². The molecule has 1 aliphatic rings. The average Bonchev–Trinajstić information content (AvgIpc) is 2.77. The van der Waals surface area contributed by atoms with Crippen molar-refractivity contribution < 1.29 is 4.79 Å². The highest BCUT2D eigenvalue weighted by Crippen LogP contribution is 2.31. The molecule has 0 atom stereocenters. The predicted molar refractivity (Wildman–Crippen MR) is 61.4 cm³/mol. The minimum absolute atomic E-state index is 0.417. The zero-order chi connectivity index (χ0) is 11.0. The number of hydrogen-bond donors (Lipinski definition) is 0. The molecule has 3 rings (SSSR count). The molecule has 1 aliphatic carbocycles. The fraction of sp³-hybridized carbons (Fsp3) is 0.385. The van der Waals surface area contributed by atoms with E-state index in [1.807, 2.05) is 22.9 Å². The van der Waals surface area contributed by atoms with E-state index >= 15 is 0 Å². The summed E-state index contributed by atoms with van der Waals surface area (Å²) in [6.45, 7) is 0. The number of carbonyl (C=O) groups excluding carboxylic acids is 1. The van der Waals surface area contributed by atoms with E-state index in [1.54, 1.807) is 0 Å². The van der Waals surface area contributed by atoms with Gasteiger partial charge in [-0.25, -0.2) is 4.98 Å². The lowest BCUT2D eigenvalue weighted by Gasteiger charge is -2.21. The molecule has 2 aromatic rings. The van der Waals surface area contributed by atoms with Crippen molar-refractivity contribution in [2.45, 2.75) is 31.6 Å². The summed E-state index contributed by atoms with van der Waals surface area (Å²) in [5, 5.41) is 0. The number of pyridine rings is 1. The number of nitrogens with zero attached hydrogens (tertiary/aromatic N) is 2. The third-order valence-electron chi connectivity index (χ3n) is 3.43. The first-order valence-electron chi connectivity index (χ1n) is 5.77. The Balaban J connectivity index is 1.90. The van der Waals surface area contributed by atoms with Gasteiger partial charge < -0.3 is 4.40 Å². The summed E-state index contributed by atoms with van der Waals surface area (Å²) in [7, 11) is 0. The smallest absolute Gasteiger partial charge is 0.136 e. The van der Waals surface area contributed by atoms with Crippen molar-refractivity contribution >= 4 is 11.4 Å². The quantitative estimate of drug-likeness (QED) is 0.731. The summed E-state index contributed by atoms with van der Waals surface area (Å²) in [4.78, 5) is 15.4. The Labute approximate surface area is 94.1 Å². The molecule has 0 amide bonds. The van der Waals surface area contributed by atoms with Gasteiger partial charge in [-0.3, -0.25) is 4.79 Å². The second kappa shape index (κ2) is 3.74. The standard InChI is InChI=1S/C13H14N2O/c16-12-4-1-10(2-5-12)11-3-6-13-14-7-8-15(13)9-11/h3,6-10H,1-2,4-5H2. The van der Waals surface area contributed by atoms with Crippen LogP contribution in [0.25, 0.3) is 5.65 Å². The van der Waals surface area contributed by atoms with Crippen molar-refractivity contribution in [3.63, 3.8) is 0 Å². The molecule has 0 aliphatic heterocycles. The number of rotatable bonds is 1. The fourth-order valence-corrected chi connectivity index (χ4v) is 2.45. The van der Waals surface area contributed by atoms with Crippen molar-refractivity contribution in [1.29, 1.82) is 0 Å². The minimum Gasteiger partial charge on any atom is -0.307 e. The lowest BCUT2D eigenvalue weighted by Crippen LogP contribution is -2.12. The topological polar surface area (TPSA) is 34.4 Å². The summed E-state index contributed by atoms with van der Waals surface area (Å²) < 4.78 is 2.05. The van der Waals surface area contributed by atoms with Crippen LogP contribution >= 0.6 is 0 Å². The van der Waals surface area contributed by atoms with E-state index in [1.165, 1.54) is 5.56 Å². The van der Waals surface area contributed by atoms with Crippen molar-refractivity contribution in [2.75, 3.05) is 0 Å². The van der Waals surface area contributed by atoms with Crippen molar-refractivity contribution in [1.82, 2.24) is 9.38 Å². The minimum atomic E-state index is 0.417. The van der Waals surface area contributed by atoms with E-state index in [0.717, 1.165) is 31.3 Å². The van der Waals surface area contributed by atoms with Crippen LogP contribution in [-0.2, 0) is 4.79 Å². The van der Waals surface area contributed by atoms with Gasteiger partial charge in [0.1, 0.15) is 11.4 Å². The molecule has 0 unspecified atom stereocenters. The zero-order valence-corrected chi connectivity index (χ0v) is 9.10. The number of hydrogen-bond acceptors (Lipinski definition) is 2. The van der Waals surface area contributed by atoms with Gasteiger partial charge in [0, 0.05) is 31.4 Å². The Morgan fingerprint density at radius 3 is 2.88 bits per heavy atom. The van der Waals surface area contributed by atoms with E-state index in [2.05, 4.69) is 17.2 Å². The van der Waals surface area contributed by atoms with Crippen molar-refractivity contribution in [3.8, 4) is 0 Å². The molecule has 0 spiro atoms. The second-order valence-electron chi connectivity index (χ2n) is 4.47. The second-order valence-corrected chi connectivity index (χ2v) is 4.47. The summed E-state index contributed by atoms with van der Waals surface area (Å²) in [5.41, 5.74) is 2.31. The molecule has 2 heterocycles. The molecule has 2 aromatic heterocycles. The fourth-order valence-electron chi connectivity index (χ4n) is 2.45. The molecule has 0 aromatic carbocycles. The molecule has 3 nitrogen and oxygen atoms in total. The van der Waals surface area contributed by atoms with E-state index in [0.29, 0.717) is 11.7 Å². The Kier molecular flexibility index (Phi) is 2.24. The van der Waals surface area contributed by atoms with Crippen LogP contribution in [0.3, 0.4) is 0 Å². The van der Waals surface area contributed by atoms with Crippen molar-refractivity contribution in [3.05, 3.63) is 36.3 Å². The average molecular weight is 214 g/mol. The van der Waals surface area contributed by atoms with Crippen LogP contribution in [0.15, 0.2) is 30.7 Å². The molecule has 16 heavy (non-hydrogen) atoms. The lowest BCUT2D eigenvalue weighted by atomic mass is 9.84. The highest BCUT2D eigenvalue weighted by Gasteiger charge is 2.20. The number of Topliss-reactive ketones (excluding diaryl/α,β-unsaturated/α-hetero) is 1. The third-order valence-corrected chi connectivity index (χ3v) is 3.43. The monoisotopic (exact) mass is 214 g/mol. The van der Waals surface area contributed by atoms with Gasteiger partial charge in [0.15, 0.2) is 0 Å². The van der Waals surface area contributed by atoms with E-state index in [9.17, 15) is 4.79 Å². The van der Waals surface area contributed by atoms with E-state index in [-0.39, 0.29) is 0 Å². The van der Waals surface area contributed by atoms with Gasteiger partial charge in [0.25, 0.3) is 0 Å². The molecule has 1 fully saturated rings. The third kappa shape index (κ3) is 1.62. The van der Waals surface area contributed by atoms with Crippen molar-refractivity contribution in [2.24, 2.45) is 0 Å². The molecule has 82 valence electrons. The number of ketones is 1. The Morgan fingerprint density at radius 1 is 1.25 bits per heavy atom. The SMILES string of the molecule is O=C1CCC(c2ccc3nccn3c2)CC1. The van der Waals surface area contributed by atoms with Crippen LogP contribution in [0, 0.1) is 0 Å². The van der Waals surface area contributed by atoms with Crippen LogP contribution in [-0.4, -0.2) is 15.2 Å².